The van der Waals surface area contributed by atoms with E-state index in [1.165, 1.54) is 77.6 Å². The van der Waals surface area contributed by atoms with Gasteiger partial charge in [0.2, 0.25) is 35.7 Å². The fourth-order valence-corrected chi connectivity index (χ4v) is 13.6. The number of esters is 2. The number of phenols is 2. The number of methoxy groups -OCH3 is 2. The summed E-state index contributed by atoms with van der Waals surface area (Å²) in [5, 5.41) is 108. The number of carbonyl (C=O) groups excluding carboxylic acids is 2. The second-order valence-corrected chi connectivity index (χ2v) is 29.0. The molecule has 7 aromatic carbocycles. The van der Waals surface area contributed by atoms with E-state index in [2.05, 4.69) is 101 Å². The van der Waals surface area contributed by atoms with Gasteiger partial charge in [0.05, 0.1) is 154 Å². The number of nitrogens with one attached hydrogen (secondary N) is 4. The second-order valence-electron chi connectivity index (χ2n) is 21.8. The summed E-state index contributed by atoms with van der Waals surface area (Å²) in [6, 6.07) is 20.8. The number of benzene rings is 7. The van der Waals surface area contributed by atoms with E-state index < -0.39 is 101 Å². The standard InChI is InChI=1S/C62H66N16O28S6/c1-94-55(85)41-14-8-33(32-110(87,88)89)24-43(41)73-75-51-47(108-105-102-97-4)27-34-25-39(111(90,91)99-6)30-45(49(34)53(51)83)65-59-67-57(69-61(71-59)77(16-20-79)17-21-80)63-36-9-11-37(12-10-36)64-58-68-60(72-62(70-58)78(18-22-81)19-23-82)66-46-31-40(112(92,93)100-7)26-35-28-48(109-106-103-98-5)52(54(84)50(35)46)76-74-44-29-38(107-104-101-96-3)13-15-42(44)56(86)95-2/h8-15,24-31,79-84H,16-23,32H2,1-7H3,(H,87,88,89)(H2,63,65,67,69,71)(H2,64,66,68,70,72). The Hall–Kier alpha value is -10.1. The molecule has 11 N–H and O–H groups in total. The van der Waals surface area contributed by atoms with Crippen LogP contribution in [0.15, 0.2) is 142 Å². The number of aromatic hydroxyl groups is 2. The van der Waals surface area contributed by atoms with Crippen LogP contribution in [-0.4, -0.2) is 205 Å². The molecule has 0 aliphatic rings. The molecule has 44 nitrogen and oxygen atoms in total. The average Bonchev–Trinajstić information content (AvgIpc) is 0.757. The summed E-state index contributed by atoms with van der Waals surface area (Å²) < 4.78 is 122. The topological polar surface area (TPSA) is 580 Å². The van der Waals surface area contributed by atoms with E-state index in [9.17, 15) is 70.0 Å². The fraction of sp³-hybridized carbons (Fsp3) is 0.258. The molecule has 112 heavy (non-hydrogen) atoms. The number of hydrogen-bond donors (Lipinski definition) is 11. The largest absolute Gasteiger partial charge is 0.505 e. The fourth-order valence-electron chi connectivity index (χ4n) is 10.0. The first-order valence-corrected chi connectivity index (χ1v) is 38.2. The van der Waals surface area contributed by atoms with Crippen LogP contribution in [-0.2, 0) is 96.7 Å². The van der Waals surface area contributed by atoms with E-state index in [0.29, 0.717) is 41.0 Å². The number of rotatable bonds is 42. The molecule has 0 aliphatic heterocycles. The molecule has 0 atom stereocenters. The first kappa shape index (κ1) is 85.9. The minimum Gasteiger partial charge on any atom is -0.505 e. The van der Waals surface area contributed by atoms with Crippen molar-refractivity contribution in [2.45, 2.75) is 30.2 Å². The van der Waals surface area contributed by atoms with Crippen molar-refractivity contribution in [1.82, 2.24) is 29.9 Å². The highest BCUT2D eigenvalue weighted by Gasteiger charge is 2.28. The van der Waals surface area contributed by atoms with Crippen molar-refractivity contribution >= 4 is 181 Å². The lowest BCUT2D eigenvalue weighted by Gasteiger charge is -2.22. The smallest absolute Gasteiger partial charge is 0.340 e. The van der Waals surface area contributed by atoms with Crippen molar-refractivity contribution in [2.24, 2.45) is 20.5 Å². The van der Waals surface area contributed by atoms with Crippen LogP contribution in [0.2, 0.25) is 0 Å². The maximum absolute atomic E-state index is 13.6. The molecule has 0 fully saturated rings. The van der Waals surface area contributed by atoms with Crippen molar-refractivity contribution in [3.63, 3.8) is 0 Å². The van der Waals surface area contributed by atoms with Crippen LogP contribution >= 0.6 is 36.1 Å². The number of nitrogens with zero attached hydrogens (tertiary/aromatic N) is 12. The normalized spacial score (nSPS) is 12.0. The lowest BCUT2D eigenvalue weighted by Crippen LogP contribution is -2.31. The Morgan fingerprint density at radius 1 is 0.464 bits per heavy atom. The molecule has 0 saturated carbocycles. The van der Waals surface area contributed by atoms with Gasteiger partial charge in [-0.05, 0) is 107 Å². The van der Waals surface area contributed by atoms with Crippen LogP contribution in [0.4, 0.5) is 81.2 Å². The van der Waals surface area contributed by atoms with E-state index in [4.69, 9.17) is 30.8 Å². The monoisotopic (exact) mass is 1670 g/mol. The summed E-state index contributed by atoms with van der Waals surface area (Å²) in [6.07, 6.45) is 0. The van der Waals surface area contributed by atoms with Crippen molar-refractivity contribution < 1.29 is 131 Å². The first-order chi connectivity index (χ1) is 53.7. The molecule has 0 spiro atoms. The second kappa shape index (κ2) is 39.9. The highest BCUT2D eigenvalue weighted by molar-refractivity contribution is 7.95. The van der Waals surface area contributed by atoms with Gasteiger partial charge in [-0.15, -0.1) is 33.5 Å². The predicted molar refractivity (Wildman–Crippen MR) is 396 cm³/mol. The highest BCUT2D eigenvalue weighted by atomic mass is 32.2. The Morgan fingerprint density at radius 2 is 0.848 bits per heavy atom. The number of azo groups is 2. The van der Waals surface area contributed by atoms with Crippen LogP contribution in [0.1, 0.15) is 26.3 Å². The molecular weight excluding hydrogens is 1610 g/mol. The number of aliphatic hydroxyl groups is 4. The van der Waals surface area contributed by atoms with Gasteiger partial charge in [0.1, 0.15) is 28.5 Å². The van der Waals surface area contributed by atoms with E-state index in [-0.39, 0.29) is 150 Å². The van der Waals surface area contributed by atoms with Crippen molar-refractivity contribution in [1.29, 1.82) is 0 Å². The van der Waals surface area contributed by atoms with E-state index in [1.54, 1.807) is 0 Å². The van der Waals surface area contributed by atoms with Crippen molar-refractivity contribution in [2.75, 3.05) is 133 Å². The molecule has 0 bridgehead atoms. The number of fused-ring (bicyclic) bond motifs is 2. The van der Waals surface area contributed by atoms with E-state index in [1.807, 2.05) is 0 Å². The minimum atomic E-state index is -4.61. The molecule has 2 heterocycles. The van der Waals surface area contributed by atoms with Gasteiger partial charge in [-0.1, -0.05) is 21.2 Å². The molecule has 0 radical (unpaired) electrons. The lowest BCUT2D eigenvalue weighted by molar-refractivity contribution is -0.447. The summed E-state index contributed by atoms with van der Waals surface area (Å²) >= 11 is 1.49. The van der Waals surface area contributed by atoms with Gasteiger partial charge in [0.25, 0.3) is 30.4 Å². The van der Waals surface area contributed by atoms with Crippen molar-refractivity contribution in [3.8, 4) is 11.5 Å². The SMILES string of the molecule is COOOSc1ccc(C(=O)OC)c(N=Nc2c(SOOOC)cc3cc(S(=O)(=O)OC)cc(Nc4nc(Nc5ccc(Nc6nc(Nc7cc(S(=O)(=O)OC)cc8cc(SOOOC)c(N=Nc9cc(CS(=O)(=O)O)ccc9C(=O)OC)c(O)c78)nc(N(CCO)CCO)n6)cc5)nc(N(CCO)CCO)n4)c3c2O)c1. The summed E-state index contributed by atoms with van der Waals surface area (Å²) in [4.78, 5) is 68.8. The molecule has 9 rings (SSSR count). The van der Waals surface area contributed by atoms with Crippen molar-refractivity contribution in [3.05, 3.63) is 114 Å². The highest BCUT2D eigenvalue weighted by Crippen LogP contribution is 2.50. The van der Waals surface area contributed by atoms with Crippen LogP contribution < -0.4 is 31.1 Å². The number of carbonyl (C=O) groups is 2. The van der Waals surface area contributed by atoms with Crippen LogP contribution in [0.3, 0.4) is 0 Å². The Labute approximate surface area is 647 Å². The lowest BCUT2D eigenvalue weighted by atomic mass is 10.1. The third-order valence-electron chi connectivity index (χ3n) is 14.8. The Balaban J connectivity index is 1.12. The molecule has 50 heteroatoms. The summed E-state index contributed by atoms with van der Waals surface area (Å²) in [5.74, 6) is -5.63. The molecule has 0 unspecified atom stereocenters. The zero-order valence-electron chi connectivity index (χ0n) is 59.1. The van der Waals surface area contributed by atoms with E-state index >= 15 is 0 Å². The zero-order valence-corrected chi connectivity index (χ0v) is 64.0. The zero-order chi connectivity index (χ0) is 80.9. The van der Waals surface area contributed by atoms with E-state index in [0.717, 1.165) is 79.1 Å². The van der Waals surface area contributed by atoms with Gasteiger partial charge in [-0.25, -0.2) is 24.3 Å². The maximum atomic E-state index is 13.6. The van der Waals surface area contributed by atoms with Gasteiger partial charge in [-0.3, -0.25) is 12.9 Å². The Bertz CT molecular complexity index is 5290. The summed E-state index contributed by atoms with van der Waals surface area (Å²) in [5.41, 5.74) is -1.55. The molecule has 9 aromatic rings. The Morgan fingerprint density at radius 3 is 1.22 bits per heavy atom. The summed E-state index contributed by atoms with van der Waals surface area (Å²) in [6.45, 7) is -2.45. The van der Waals surface area contributed by atoms with Gasteiger partial charge >= 0.3 is 11.9 Å². The van der Waals surface area contributed by atoms with Crippen LogP contribution in [0, 0.1) is 0 Å². The van der Waals surface area contributed by atoms with Gasteiger partial charge < -0.3 is 71.2 Å². The number of ether oxygens (including phenoxy) is 2. The number of anilines is 10. The van der Waals surface area contributed by atoms with Gasteiger partial charge in [0, 0.05) is 53.2 Å². The minimum absolute atomic E-state index is 0.0179. The van der Waals surface area contributed by atoms with Gasteiger partial charge in [-0.2, -0.15) is 55.2 Å². The van der Waals surface area contributed by atoms with Crippen LogP contribution in [0.25, 0.3) is 21.5 Å². The maximum Gasteiger partial charge on any atom is 0.340 e. The molecule has 0 amide bonds. The van der Waals surface area contributed by atoms with Gasteiger partial charge in [0.15, 0.2) is 11.5 Å². The molecule has 598 valence electrons. The predicted octanol–water partition coefficient (Wildman–Crippen LogP) is 8.34. The first-order valence-electron chi connectivity index (χ1n) is 31.5. The van der Waals surface area contributed by atoms with Crippen LogP contribution in [0.5, 0.6) is 11.5 Å². The molecular formula is C62H66N16O28S6. The number of phenolic OH excluding ortho intramolecular Hbond substituents is 2. The number of hydrogen-bond acceptors (Lipinski definition) is 46. The third kappa shape index (κ3) is 22.2. The quantitative estimate of drug-likeness (QED) is 0.00250. The molecule has 0 aliphatic carbocycles. The molecule has 0 saturated heterocycles. The average molecular weight is 1680 g/mol. The molecule has 2 aromatic heterocycles. The Kier molecular flexibility index (Phi) is 30.6. The summed E-state index contributed by atoms with van der Waals surface area (Å²) in [7, 11) is -6.32. The number of aromatic nitrogens is 6. The number of aliphatic hydroxyl groups excluding tert-OH is 4. The third-order valence-corrected chi connectivity index (χ3v) is 19.8.